The van der Waals surface area contributed by atoms with Gasteiger partial charge in [-0.2, -0.15) is 0 Å². The molecule has 1 aliphatic rings. The first kappa shape index (κ1) is 10.4. The SMILES string of the molecule is CCC1CCC(C)N1CCN=[N+]=[N-]. The van der Waals surface area contributed by atoms with Gasteiger partial charge in [0, 0.05) is 30.1 Å². The second-order valence-electron chi connectivity index (χ2n) is 3.68. The second-order valence-corrected chi connectivity index (χ2v) is 3.68. The van der Waals surface area contributed by atoms with E-state index in [1.54, 1.807) is 0 Å². The molecule has 0 aromatic carbocycles. The molecule has 1 heterocycles. The van der Waals surface area contributed by atoms with Crippen molar-refractivity contribution in [3.05, 3.63) is 10.4 Å². The Morgan fingerprint density at radius 1 is 1.54 bits per heavy atom. The molecule has 1 rings (SSSR count). The molecule has 13 heavy (non-hydrogen) atoms. The van der Waals surface area contributed by atoms with E-state index in [4.69, 9.17) is 5.53 Å². The van der Waals surface area contributed by atoms with Crippen molar-refractivity contribution < 1.29 is 0 Å². The fourth-order valence-electron chi connectivity index (χ4n) is 2.17. The van der Waals surface area contributed by atoms with E-state index in [2.05, 4.69) is 28.8 Å². The Kier molecular flexibility index (Phi) is 4.06. The van der Waals surface area contributed by atoms with E-state index in [-0.39, 0.29) is 0 Å². The summed E-state index contributed by atoms with van der Waals surface area (Å²) in [5.41, 5.74) is 8.17. The molecule has 0 spiro atoms. The van der Waals surface area contributed by atoms with Gasteiger partial charge in [-0.25, -0.2) is 0 Å². The first-order chi connectivity index (χ1) is 6.29. The maximum Gasteiger partial charge on any atom is 0.0386 e. The zero-order valence-corrected chi connectivity index (χ0v) is 8.48. The zero-order chi connectivity index (χ0) is 9.68. The monoisotopic (exact) mass is 182 g/mol. The van der Waals surface area contributed by atoms with E-state index in [0.717, 1.165) is 6.54 Å². The predicted molar refractivity (Wildman–Crippen MR) is 53.5 cm³/mol. The summed E-state index contributed by atoms with van der Waals surface area (Å²) in [7, 11) is 0. The van der Waals surface area contributed by atoms with Gasteiger partial charge in [-0.15, -0.1) is 0 Å². The smallest absolute Gasteiger partial charge is 0.0386 e. The van der Waals surface area contributed by atoms with Gasteiger partial charge in [0.25, 0.3) is 0 Å². The lowest BCUT2D eigenvalue weighted by Gasteiger charge is -2.26. The van der Waals surface area contributed by atoms with Crippen LogP contribution >= 0.6 is 0 Å². The maximum absolute atomic E-state index is 8.17. The summed E-state index contributed by atoms with van der Waals surface area (Å²) in [6.45, 7) is 6.01. The van der Waals surface area contributed by atoms with Crippen molar-refractivity contribution >= 4 is 0 Å². The van der Waals surface area contributed by atoms with Crippen LogP contribution in [0.2, 0.25) is 0 Å². The third kappa shape index (κ3) is 2.61. The van der Waals surface area contributed by atoms with Crippen molar-refractivity contribution in [2.24, 2.45) is 5.11 Å². The van der Waals surface area contributed by atoms with Crippen LogP contribution in [0.3, 0.4) is 0 Å². The Morgan fingerprint density at radius 3 is 2.92 bits per heavy atom. The summed E-state index contributed by atoms with van der Waals surface area (Å²) in [4.78, 5) is 5.24. The molecular weight excluding hydrogens is 164 g/mol. The molecule has 1 saturated heterocycles. The first-order valence-corrected chi connectivity index (χ1v) is 5.06. The number of likely N-dealkylation sites (tertiary alicyclic amines) is 1. The zero-order valence-electron chi connectivity index (χ0n) is 8.48. The van der Waals surface area contributed by atoms with Gasteiger partial charge in [-0.3, -0.25) is 4.90 Å². The minimum absolute atomic E-state index is 0.608. The normalized spacial score (nSPS) is 28.8. The molecule has 0 radical (unpaired) electrons. The Balaban J connectivity index is 2.39. The Bertz CT molecular complexity index is 198. The highest BCUT2D eigenvalue weighted by Crippen LogP contribution is 2.25. The summed E-state index contributed by atoms with van der Waals surface area (Å²) in [5, 5.41) is 3.58. The highest BCUT2D eigenvalue weighted by molar-refractivity contribution is 4.84. The summed E-state index contributed by atoms with van der Waals surface area (Å²) < 4.78 is 0. The largest absolute Gasteiger partial charge is 0.298 e. The molecule has 0 bridgehead atoms. The van der Waals surface area contributed by atoms with E-state index in [1.807, 2.05) is 0 Å². The molecule has 4 nitrogen and oxygen atoms in total. The highest BCUT2D eigenvalue weighted by atomic mass is 15.2. The lowest BCUT2D eigenvalue weighted by atomic mass is 10.1. The molecule has 74 valence electrons. The van der Waals surface area contributed by atoms with Gasteiger partial charge in [0.05, 0.1) is 0 Å². The molecule has 1 fully saturated rings. The van der Waals surface area contributed by atoms with Crippen LogP contribution in [0, 0.1) is 0 Å². The summed E-state index contributed by atoms with van der Waals surface area (Å²) in [6, 6.07) is 1.38. The fourth-order valence-corrected chi connectivity index (χ4v) is 2.17. The molecule has 0 aromatic rings. The van der Waals surface area contributed by atoms with E-state index in [0.29, 0.717) is 18.6 Å². The van der Waals surface area contributed by atoms with Crippen LogP contribution < -0.4 is 0 Å². The van der Waals surface area contributed by atoms with Crippen LogP contribution in [0.4, 0.5) is 0 Å². The minimum Gasteiger partial charge on any atom is -0.298 e. The number of azide groups is 1. The number of hydrogen-bond donors (Lipinski definition) is 0. The lowest BCUT2D eigenvalue weighted by Crippen LogP contribution is -2.36. The third-order valence-electron chi connectivity index (χ3n) is 2.95. The highest BCUT2D eigenvalue weighted by Gasteiger charge is 2.28. The topological polar surface area (TPSA) is 52.0 Å². The summed E-state index contributed by atoms with van der Waals surface area (Å²) >= 11 is 0. The van der Waals surface area contributed by atoms with Gasteiger partial charge < -0.3 is 0 Å². The Hall–Kier alpha value is -0.730. The molecule has 2 unspecified atom stereocenters. The third-order valence-corrected chi connectivity index (χ3v) is 2.95. The van der Waals surface area contributed by atoms with Gasteiger partial charge in [0.1, 0.15) is 0 Å². The number of rotatable bonds is 4. The van der Waals surface area contributed by atoms with Crippen molar-refractivity contribution in [2.45, 2.75) is 45.2 Å². The van der Waals surface area contributed by atoms with Crippen LogP contribution in [0.15, 0.2) is 5.11 Å². The number of nitrogens with zero attached hydrogens (tertiary/aromatic N) is 4. The van der Waals surface area contributed by atoms with Crippen molar-refractivity contribution in [1.82, 2.24) is 4.90 Å². The molecular formula is C9H18N4. The van der Waals surface area contributed by atoms with Crippen LogP contribution in [-0.2, 0) is 0 Å². The van der Waals surface area contributed by atoms with Crippen LogP contribution in [0.1, 0.15) is 33.1 Å². The molecule has 2 atom stereocenters. The van der Waals surface area contributed by atoms with E-state index >= 15 is 0 Å². The Morgan fingerprint density at radius 2 is 2.31 bits per heavy atom. The molecule has 0 amide bonds. The van der Waals surface area contributed by atoms with Gasteiger partial charge in [0.2, 0.25) is 0 Å². The second kappa shape index (κ2) is 5.10. The fraction of sp³-hybridized carbons (Fsp3) is 1.00. The molecule has 4 heteroatoms. The maximum atomic E-state index is 8.17. The van der Waals surface area contributed by atoms with Crippen molar-refractivity contribution in [1.29, 1.82) is 0 Å². The van der Waals surface area contributed by atoms with Gasteiger partial charge >= 0.3 is 0 Å². The van der Waals surface area contributed by atoms with Crippen LogP contribution in [0.25, 0.3) is 10.4 Å². The summed E-state index contributed by atoms with van der Waals surface area (Å²) in [6.07, 6.45) is 3.79. The van der Waals surface area contributed by atoms with Gasteiger partial charge in [-0.05, 0) is 31.7 Å². The lowest BCUT2D eigenvalue weighted by molar-refractivity contribution is 0.204. The average molecular weight is 182 g/mol. The van der Waals surface area contributed by atoms with E-state index < -0.39 is 0 Å². The van der Waals surface area contributed by atoms with Gasteiger partial charge in [-0.1, -0.05) is 12.0 Å². The van der Waals surface area contributed by atoms with Gasteiger partial charge in [0.15, 0.2) is 0 Å². The molecule has 0 saturated carbocycles. The molecule has 0 aromatic heterocycles. The first-order valence-electron chi connectivity index (χ1n) is 5.06. The van der Waals surface area contributed by atoms with Crippen LogP contribution in [-0.4, -0.2) is 30.1 Å². The number of hydrogen-bond acceptors (Lipinski definition) is 2. The van der Waals surface area contributed by atoms with Crippen molar-refractivity contribution in [3.8, 4) is 0 Å². The van der Waals surface area contributed by atoms with E-state index in [1.165, 1.54) is 19.3 Å². The Labute approximate surface area is 79.5 Å². The quantitative estimate of drug-likeness (QED) is 0.374. The minimum atomic E-state index is 0.608. The predicted octanol–water partition coefficient (Wildman–Crippen LogP) is 2.56. The average Bonchev–Trinajstić information content (AvgIpc) is 2.48. The molecule has 1 aliphatic heterocycles. The standard InChI is InChI=1S/C9H18N4/c1-3-9-5-4-8(2)13(9)7-6-11-12-10/h8-9H,3-7H2,1-2H3. The van der Waals surface area contributed by atoms with Crippen LogP contribution in [0.5, 0.6) is 0 Å². The van der Waals surface area contributed by atoms with Crippen molar-refractivity contribution in [3.63, 3.8) is 0 Å². The molecule has 0 aliphatic carbocycles. The molecule has 0 N–H and O–H groups in total. The summed E-state index contributed by atoms with van der Waals surface area (Å²) in [5.74, 6) is 0. The van der Waals surface area contributed by atoms with Crippen molar-refractivity contribution in [2.75, 3.05) is 13.1 Å². The van der Waals surface area contributed by atoms with E-state index in [9.17, 15) is 0 Å².